The summed E-state index contributed by atoms with van der Waals surface area (Å²) >= 11 is 0. The fourth-order valence-electron chi connectivity index (χ4n) is 2.74. The van der Waals surface area contributed by atoms with E-state index in [4.69, 9.17) is 4.52 Å². The molecule has 5 nitrogen and oxygen atoms in total. The van der Waals surface area contributed by atoms with Crippen LogP contribution in [0.3, 0.4) is 0 Å². The normalized spacial score (nSPS) is 16.1. The zero-order valence-corrected chi connectivity index (χ0v) is 12.9. The highest BCUT2D eigenvalue weighted by Crippen LogP contribution is 2.34. The standard InChI is InChI=1S/C16H22N4O/c1-4-17-13(12-5-6-12)8-14-19-16(20-21-14)15-11(3)7-10(2)9-18-15/h7,9,12-13,17H,4-6,8H2,1-3H3. The number of rotatable bonds is 6. The van der Waals surface area contributed by atoms with Crippen molar-refractivity contribution in [2.45, 2.75) is 46.1 Å². The Bertz CT molecular complexity index is 618. The molecule has 112 valence electrons. The number of aryl methyl sites for hydroxylation is 2. The molecule has 1 atom stereocenters. The Labute approximate surface area is 125 Å². The van der Waals surface area contributed by atoms with E-state index in [2.05, 4.69) is 33.4 Å². The third-order valence-corrected chi connectivity index (χ3v) is 3.95. The van der Waals surface area contributed by atoms with Crippen LogP contribution in [-0.4, -0.2) is 27.7 Å². The Balaban J connectivity index is 1.76. The summed E-state index contributed by atoms with van der Waals surface area (Å²) in [6, 6.07) is 2.54. The number of aromatic nitrogens is 3. The fraction of sp³-hybridized carbons (Fsp3) is 0.562. The van der Waals surface area contributed by atoms with Gasteiger partial charge >= 0.3 is 0 Å². The average molecular weight is 286 g/mol. The minimum Gasteiger partial charge on any atom is -0.339 e. The van der Waals surface area contributed by atoms with Crippen LogP contribution in [0.5, 0.6) is 0 Å². The van der Waals surface area contributed by atoms with Crippen molar-refractivity contribution < 1.29 is 4.52 Å². The first-order valence-electron chi connectivity index (χ1n) is 7.67. The van der Waals surface area contributed by atoms with E-state index in [1.54, 1.807) is 0 Å². The maximum Gasteiger partial charge on any atom is 0.228 e. The first-order chi connectivity index (χ1) is 10.2. The van der Waals surface area contributed by atoms with Crippen molar-refractivity contribution in [3.05, 3.63) is 29.3 Å². The predicted molar refractivity (Wildman–Crippen MR) is 80.9 cm³/mol. The topological polar surface area (TPSA) is 63.8 Å². The lowest BCUT2D eigenvalue weighted by Gasteiger charge is -2.14. The Morgan fingerprint density at radius 3 is 2.86 bits per heavy atom. The van der Waals surface area contributed by atoms with Gasteiger partial charge in [0.05, 0.1) is 0 Å². The van der Waals surface area contributed by atoms with Crippen molar-refractivity contribution in [2.75, 3.05) is 6.54 Å². The molecule has 0 spiro atoms. The lowest BCUT2D eigenvalue weighted by atomic mass is 10.1. The predicted octanol–water partition coefficient (Wildman–Crippen LogP) is 2.68. The van der Waals surface area contributed by atoms with E-state index in [9.17, 15) is 0 Å². The Hall–Kier alpha value is -1.75. The van der Waals surface area contributed by atoms with Crippen LogP contribution in [0.15, 0.2) is 16.8 Å². The van der Waals surface area contributed by atoms with Gasteiger partial charge in [-0.3, -0.25) is 4.98 Å². The molecule has 0 bridgehead atoms. The van der Waals surface area contributed by atoms with Crippen LogP contribution in [0, 0.1) is 19.8 Å². The third kappa shape index (κ3) is 3.29. The molecule has 2 heterocycles. The van der Waals surface area contributed by atoms with Crippen LogP contribution in [0.25, 0.3) is 11.5 Å². The second kappa shape index (κ2) is 5.93. The zero-order valence-electron chi connectivity index (χ0n) is 12.9. The van der Waals surface area contributed by atoms with Crippen molar-refractivity contribution in [1.29, 1.82) is 0 Å². The lowest BCUT2D eigenvalue weighted by Crippen LogP contribution is -2.33. The van der Waals surface area contributed by atoms with Gasteiger partial charge in [-0.15, -0.1) is 0 Å². The van der Waals surface area contributed by atoms with Gasteiger partial charge in [-0.05, 0) is 50.3 Å². The van der Waals surface area contributed by atoms with E-state index in [1.807, 2.05) is 20.0 Å². The number of hydrogen-bond donors (Lipinski definition) is 1. The molecular weight excluding hydrogens is 264 g/mol. The molecule has 1 aliphatic rings. The van der Waals surface area contributed by atoms with Crippen molar-refractivity contribution in [3.63, 3.8) is 0 Å². The van der Waals surface area contributed by atoms with E-state index in [0.29, 0.717) is 17.8 Å². The quantitative estimate of drug-likeness (QED) is 0.884. The summed E-state index contributed by atoms with van der Waals surface area (Å²) in [5, 5.41) is 7.61. The van der Waals surface area contributed by atoms with Gasteiger partial charge in [0.15, 0.2) is 0 Å². The Morgan fingerprint density at radius 2 is 2.19 bits per heavy atom. The second-order valence-corrected chi connectivity index (χ2v) is 5.90. The van der Waals surface area contributed by atoms with Gasteiger partial charge in [0.2, 0.25) is 11.7 Å². The molecular formula is C16H22N4O. The van der Waals surface area contributed by atoms with Gasteiger partial charge in [-0.25, -0.2) is 0 Å². The molecule has 0 saturated heterocycles. The molecule has 1 N–H and O–H groups in total. The molecule has 1 aliphatic carbocycles. The Kier molecular flexibility index (Phi) is 4.01. The minimum atomic E-state index is 0.454. The first kappa shape index (κ1) is 14.2. The van der Waals surface area contributed by atoms with Gasteiger partial charge in [0, 0.05) is 18.7 Å². The third-order valence-electron chi connectivity index (χ3n) is 3.95. The van der Waals surface area contributed by atoms with Crippen LogP contribution in [0.4, 0.5) is 0 Å². The second-order valence-electron chi connectivity index (χ2n) is 5.90. The maximum atomic E-state index is 5.42. The molecule has 1 unspecified atom stereocenters. The number of hydrogen-bond acceptors (Lipinski definition) is 5. The van der Waals surface area contributed by atoms with Crippen LogP contribution >= 0.6 is 0 Å². The number of nitrogens with zero attached hydrogens (tertiary/aromatic N) is 3. The van der Waals surface area contributed by atoms with E-state index in [0.717, 1.165) is 35.7 Å². The molecule has 21 heavy (non-hydrogen) atoms. The summed E-state index contributed by atoms with van der Waals surface area (Å²) in [4.78, 5) is 8.95. The summed E-state index contributed by atoms with van der Waals surface area (Å²) in [6.45, 7) is 7.16. The zero-order chi connectivity index (χ0) is 14.8. The molecule has 0 aliphatic heterocycles. The van der Waals surface area contributed by atoms with E-state index >= 15 is 0 Å². The van der Waals surface area contributed by atoms with Crippen LogP contribution in [-0.2, 0) is 6.42 Å². The first-order valence-corrected chi connectivity index (χ1v) is 7.67. The van der Waals surface area contributed by atoms with E-state index < -0.39 is 0 Å². The van der Waals surface area contributed by atoms with E-state index in [-0.39, 0.29) is 0 Å². The largest absolute Gasteiger partial charge is 0.339 e. The highest BCUT2D eigenvalue weighted by atomic mass is 16.5. The van der Waals surface area contributed by atoms with Gasteiger partial charge in [0.1, 0.15) is 5.69 Å². The van der Waals surface area contributed by atoms with Gasteiger partial charge in [-0.1, -0.05) is 18.1 Å². The molecule has 3 rings (SSSR count). The average Bonchev–Trinajstić information content (AvgIpc) is 3.19. The summed E-state index contributed by atoms with van der Waals surface area (Å²) < 4.78 is 5.42. The molecule has 1 saturated carbocycles. The summed E-state index contributed by atoms with van der Waals surface area (Å²) in [6.07, 6.45) is 5.25. The molecule has 2 aromatic heterocycles. The fourth-order valence-corrected chi connectivity index (χ4v) is 2.74. The van der Waals surface area contributed by atoms with Crippen LogP contribution in [0.1, 0.15) is 36.8 Å². The number of likely N-dealkylation sites (N-methyl/N-ethyl adjacent to an activating group) is 1. The summed E-state index contributed by atoms with van der Waals surface area (Å²) in [5.41, 5.74) is 3.02. The van der Waals surface area contributed by atoms with Crippen molar-refractivity contribution in [3.8, 4) is 11.5 Å². The lowest BCUT2D eigenvalue weighted by molar-refractivity contribution is 0.348. The highest BCUT2D eigenvalue weighted by Gasteiger charge is 2.32. The molecule has 2 aromatic rings. The monoisotopic (exact) mass is 286 g/mol. The molecule has 0 radical (unpaired) electrons. The Morgan fingerprint density at radius 1 is 1.38 bits per heavy atom. The number of pyridine rings is 1. The van der Waals surface area contributed by atoms with Gasteiger partial charge in [-0.2, -0.15) is 4.98 Å². The number of nitrogens with one attached hydrogen (secondary N) is 1. The maximum absolute atomic E-state index is 5.42. The summed E-state index contributed by atoms with van der Waals surface area (Å²) in [5.74, 6) is 2.05. The van der Waals surface area contributed by atoms with Crippen LogP contribution < -0.4 is 5.32 Å². The molecule has 5 heteroatoms. The SMILES string of the molecule is CCNC(Cc1nc(-c2ncc(C)cc2C)no1)C1CC1. The van der Waals surface area contributed by atoms with Crippen molar-refractivity contribution in [1.82, 2.24) is 20.4 Å². The van der Waals surface area contributed by atoms with Crippen molar-refractivity contribution >= 4 is 0 Å². The molecule has 1 fully saturated rings. The summed E-state index contributed by atoms with van der Waals surface area (Å²) in [7, 11) is 0. The minimum absolute atomic E-state index is 0.454. The molecule has 0 amide bonds. The van der Waals surface area contributed by atoms with Gasteiger partial charge < -0.3 is 9.84 Å². The van der Waals surface area contributed by atoms with Crippen molar-refractivity contribution in [2.24, 2.45) is 5.92 Å². The highest BCUT2D eigenvalue weighted by molar-refractivity contribution is 5.53. The van der Waals surface area contributed by atoms with Gasteiger partial charge in [0.25, 0.3) is 0 Å². The molecule has 0 aromatic carbocycles. The smallest absolute Gasteiger partial charge is 0.228 e. The van der Waals surface area contributed by atoms with E-state index in [1.165, 1.54) is 12.8 Å². The van der Waals surface area contributed by atoms with Crippen LogP contribution in [0.2, 0.25) is 0 Å².